The number of carboxylic acid groups (broad SMARTS) is 2. The predicted molar refractivity (Wildman–Crippen MR) is 111 cm³/mol. The maximum Gasteiger partial charge on any atom is 0.414 e. The van der Waals surface area contributed by atoms with Gasteiger partial charge in [0.15, 0.2) is 0 Å². The topological polar surface area (TPSA) is 107 Å². The molecule has 0 aromatic heterocycles. The number of hydrogen-bond donors (Lipinski definition) is 3. The Morgan fingerprint density at radius 2 is 1.21 bits per heavy atom. The minimum absolute atomic E-state index is 0.279. The molecule has 1 aliphatic heterocycles. The second-order valence-electron chi connectivity index (χ2n) is 8.89. The molecular weight excluding hydrogens is 372 g/mol. The molecule has 0 spiro atoms. The lowest BCUT2D eigenvalue weighted by Gasteiger charge is -2.35. The number of amides is 1. The van der Waals surface area contributed by atoms with Gasteiger partial charge in [0.1, 0.15) is 0 Å². The van der Waals surface area contributed by atoms with Crippen molar-refractivity contribution in [2.24, 2.45) is 11.8 Å². The van der Waals surface area contributed by atoms with Crippen molar-refractivity contribution in [2.75, 3.05) is 19.6 Å². The Morgan fingerprint density at radius 3 is 1.72 bits per heavy atom. The molecule has 2 saturated carbocycles. The number of aliphatic carboxylic acids is 2. The molecule has 3 fully saturated rings. The summed E-state index contributed by atoms with van der Waals surface area (Å²) in [5.41, 5.74) is 0. The first-order chi connectivity index (χ1) is 14.0. The van der Waals surface area contributed by atoms with Gasteiger partial charge in [-0.1, -0.05) is 44.9 Å². The van der Waals surface area contributed by atoms with Crippen LogP contribution in [0.25, 0.3) is 0 Å². The summed E-state index contributed by atoms with van der Waals surface area (Å²) in [6.45, 7) is 3.56. The number of hydrogen-bond acceptors (Lipinski definition) is 4. The molecular formula is C22H38N2O5. The summed E-state index contributed by atoms with van der Waals surface area (Å²) in [5.74, 6) is -2.08. The minimum Gasteiger partial charge on any atom is -0.473 e. The van der Waals surface area contributed by atoms with E-state index in [0.717, 1.165) is 31.8 Å². The van der Waals surface area contributed by atoms with E-state index in [1.54, 1.807) is 0 Å². The molecule has 0 aromatic carbocycles. The lowest BCUT2D eigenvalue weighted by atomic mass is 9.87. The van der Waals surface area contributed by atoms with Crippen LogP contribution in [0.1, 0.15) is 83.5 Å². The molecule has 1 heterocycles. The van der Waals surface area contributed by atoms with Crippen molar-refractivity contribution in [2.45, 2.75) is 89.5 Å². The van der Waals surface area contributed by atoms with E-state index in [9.17, 15) is 4.79 Å². The molecule has 166 valence electrons. The standard InChI is InChI=1S/C20H36N2O.C2H2O4/c23-20(21-19-10-6-1-2-7-11-19)18-12-14-22(15-13-18)16-17-8-4-3-5-9-17;3-1(4)2(5)6/h17-19H,1-16H2,(H,21,23);(H,3,4)(H,5,6). The van der Waals surface area contributed by atoms with Crippen LogP contribution in [0.2, 0.25) is 0 Å². The normalized spacial score (nSPS) is 22.8. The van der Waals surface area contributed by atoms with Crippen LogP contribution in [0.5, 0.6) is 0 Å². The number of nitrogens with zero attached hydrogens (tertiary/aromatic N) is 1. The van der Waals surface area contributed by atoms with Crippen LogP contribution in [0.4, 0.5) is 0 Å². The number of nitrogens with one attached hydrogen (secondary N) is 1. The molecule has 0 unspecified atom stereocenters. The van der Waals surface area contributed by atoms with Crippen molar-refractivity contribution in [3.05, 3.63) is 0 Å². The van der Waals surface area contributed by atoms with Gasteiger partial charge in [-0.25, -0.2) is 9.59 Å². The van der Waals surface area contributed by atoms with Gasteiger partial charge < -0.3 is 20.4 Å². The molecule has 0 aromatic rings. The molecule has 0 atom stereocenters. The van der Waals surface area contributed by atoms with E-state index in [1.807, 2.05) is 0 Å². The number of piperidine rings is 1. The third-order valence-electron chi connectivity index (χ3n) is 6.58. The fourth-order valence-electron chi connectivity index (χ4n) is 4.86. The Bertz CT molecular complexity index is 505. The van der Waals surface area contributed by atoms with Crippen molar-refractivity contribution in [3.8, 4) is 0 Å². The summed E-state index contributed by atoms with van der Waals surface area (Å²) in [6.07, 6.45) is 17.0. The van der Waals surface area contributed by atoms with E-state index in [-0.39, 0.29) is 5.92 Å². The van der Waals surface area contributed by atoms with Gasteiger partial charge in [0.25, 0.3) is 0 Å². The van der Waals surface area contributed by atoms with Gasteiger partial charge in [-0.3, -0.25) is 4.79 Å². The van der Waals surface area contributed by atoms with Gasteiger partial charge in [-0.05, 0) is 57.5 Å². The largest absolute Gasteiger partial charge is 0.473 e. The summed E-state index contributed by atoms with van der Waals surface area (Å²) in [4.78, 5) is 33.4. The Morgan fingerprint density at radius 1 is 0.724 bits per heavy atom. The lowest BCUT2D eigenvalue weighted by molar-refractivity contribution is -0.159. The third kappa shape index (κ3) is 9.15. The van der Waals surface area contributed by atoms with Crippen LogP contribution < -0.4 is 5.32 Å². The van der Waals surface area contributed by atoms with Gasteiger partial charge in [-0.2, -0.15) is 0 Å². The molecule has 7 heteroatoms. The van der Waals surface area contributed by atoms with E-state index in [4.69, 9.17) is 19.8 Å². The molecule has 0 bridgehead atoms. The first-order valence-corrected chi connectivity index (χ1v) is 11.4. The number of carboxylic acids is 2. The fourth-order valence-corrected chi connectivity index (χ4v) is 4.86. The van der Waals surface area contributed by atoms with Gasteiger partial charge in [0, 0.05) is 18.5 Å². The number of rotatable bonds is 4. The number of likely N-dealkylation sites (tertiary alicyclic amines) is 1. The van der Waals surface area contributed by atoms with Crippen LogP contribution in [0, 0.1) is 11.8 Å². The van der Waals surface area contributed by atoms with Crippen LogP contribution in [0.15, 0.2) is 0 Å². The molecule has 2 aliphatic carbocycles. The van der Waals surface area contributed by atoms with Crippen LogP contribution in [-0.2, 0) is 14.4 Å². The predicted octanol–water partition coefficient (Wildman–Crippen LogP) is 3.27. The van der Waals surface area contributed by atoms with Gasteiger partial charge >= 0.3 is 11.9 Å². The van der Waals surface area contributed by atoms with Gasteiger partial charge in [0.2, 0.25) is 5.91 Å². The van der Waals surface area contributed by atoms with Crippen LogP contribution >= 0.6 is 0 Å². The summed E-state index contributed by atoms with van der Waals surface area (Å²) < 4.78 is 0. The third-order valence-corrected chi connectivity index (χ3v) is 6.58. The van der Waals surface area contributed by atoms with E-state index in [0.29, 0.717) is 11.9 Å². The Kier molecular flexibility index (Phi) is 10.5. The molecule has 3 N–H and O–H groups in total. The summed E-state index contributed by atoms with van der Waals surface area (Å²) >= 11 is 0. The van der Waals surface area contributed by atoms with E-state index >= 15 is 0 Å². The second kappa shape index (κ2) is 12.8. The van der Waals surface area contributed by atoms with Crippen LogP contribution in [-0.4, -0.2) is 58.6 Å². The first kappa shape index (κ1) is 23.6. The summed E-state index contributed by atoms with van der Waals surface area (Å²) in [6, 6.07) is 0.463. The van der Waals surface area contributed by atoms with E-state index in [1.165, 1.54) is 77.2 Å². The van der Waals surface area contributed by atoms with E-state index in [2.05, 4.69) is 10.2 Å². The van der Waals surface area contributed by atoms with Crippen molar-refractivity contribution in [3.63, 3.8) is 0 Å². The number of carbonyl (C=O) groups is 3. The zero-order chi connectivity index (χ0) is 21.1. The molecule has 1 amide bonds. The maximum atomic E-state index is 12.5. The van der Waals surface area contributed by atoms with Crippen molar-refractivity contribution < 1.29 is 24.6 Å². The highest BCUT2D eigenvalue weighted by Gasteiger charge is 2.28. The lowest BCUT2D eigenvalue weighted by Crippen LogP contribution is -2.44. The molecule has 3 aliphatic rings. The summed E-state index contributed by atoms with van der Waals surface area (Å²) in [7, 11) is 0. The Labute approximate surface area is 174 Å². The van der Waals surface area contributed by atoms with Crippen molar-refractivity contribution in [1.82, 2.24) is 10.2 Å². The van der Waals surface area contributed by atoms with Gasteiger partial charge in [0.05, 0.1) is 0 Å². The summed E-state index contributed by atoms with van der Waals surface area (Å²) in [5, 5.41) is 18.1. The van der Waals surface area contributed by atoms with E-state index < -0.39 is 11.9 Å². The average Bonchev–Trinajstić information content (AvgIpc) is 2.98. The molecule has 29 heavy (non-hydrogen) atoms. The minimum atomic E-state index is -1.82. The second-order valence-corrected chi connectivity index (χ2v) is 8.89. The molecule has 7 nitrogen and oxygen atoms in total. The Hall–Kier alpha value is -1.63. The fraction of sp³-hybridized carbons (Fsp3) is 0.864. The highest BCUT2D eigenvalue weighted by Crippen LogP contribution is 2.27. The van der Waals surface area contributed by atoms with Crippen molar-refractivity contribution in [1.29, 1.82) is 0 Å². The molecule has 3 rings (SSSR count). The number of carbonyl (C=O) groups excluding carboxylic acids is 1. The quantitative estimate of drug-likeness (QED) is 0.485. The zero-order valence-corrected chi connectivity index (χ0v) is 17.6. The smallest absolute Gasteiger partial charge is 0.414 e. The SMILES string of the molecule is O=C(NC1CCCCCC1)C1CCN(CC2CCCCC2)CC1.O=C(O)C(=O)O. The van der Waals surface area contributed by atoms with Crippen LogP contribution in [0.3, 0.4) is 0 Å². The van der Waals surface area contributed by atoms with Gasteiger partial charge in [-0.15, -0.1) is 0 Å². The molecule has 1 saturated heterocycles. The highest BCUT2D eigenvalue weighted by molar-refractivity contribution is 6.27. The zero-order valence-electron chi connectivity index (χ0n) is 17.6. The Balaban J connectivity index is 0.000000438. The maximum absolute atomic E-state index is 12.5. The monoisotopic (exact) mass is 410 g/mol. The first-order valence-electron chi connectivity index (χ1n) is 11.4. The van der Waals surface area contributed by atoms with Crippen molar-refractivity contribution >= 4 is 17.8 Å². The average molecular weight is 411 g/mol. The highest BCUT2D eigenvalue weighted by atomic mass is 16.4. The molecule has 0 radical (unpaired) electrons.